The summed E-state index contributed by atoms with van der Waals surface area (Å²) in [7, 11) is 0. The van der Waals surface area contributed by atoms with Crippen LogP contribution in [0.5, 0.6) is 11.5 Å². The molecule has 2 rings (SSSR count). The highest BCUT2D eigenvalue weighted by Crippen LogP contribution is 2.21. The van der Waals surface area contributed by atoms with Crippen LogP contribution >= 0.6 is 15.9 Å². The number of phenols is 1. The van der Waals surface area contributed by atoms with E-state index >= 15 is 0 Å². The van der Waals surface area contributed by atoms with E-state index in [0.29, 0.717) is 5.75 Å². The number of amides is 1. The molecule has 2 N–H and O–H groups in total. The van der Waals surface area contributed by atoms with Crippen LogP contribution in [0, 0.1) is 10.1 Å². The summed E-state index contributed by atoms with van der Waals surface area (Å²) in [5.41, 5.74) is 2.12. The average Bonchev–Trinajstić information content (AvgIpc) is 2.54. The van der Waals surface area contributed by atoms with E-state index in [1.54, 1.807) is 18.2 Å². The van der Waals surface area contributed by atoms with Crippen LogP contribution < -0.4 is 10.2 Å². The zero-order chi connectivity index (χ0) is 17.5. The number of ether oxygens (including phenoxy) is 1. The maximum Gasteiger partial charge on any atom is 0.277 e. The van der Waals surface area contributed by atoms with Crippen LogP contribution in [0.15, 0.2) is 52.0 Å². The molecule has 124 valence electrons. The van der Waals surface area contributed by atoms with Gasteiger partial charge in [0.15, 0.2) is 6.61 Å². The maximum absolute atomic E-state index is 11.6. The second-order valence-corrected chi connectivity index (χ2v) is 5.46. The molecule has 0 heterocycles. The number of carbonyl (C=O) groups is 1. The number of nitrogens with zero attached hydrogens (tertiary/aromatic N) is 2. The van der Waals surface area contributed by atoms with Crippen molar-refractivity contribution < 1.29 is 19.6 Å². The SMILES string of the molecule is O=C(COc1cccc(Br)c1)N/N=C\c1cc([N+](=O)[O-])ccc1O. The van der Waals surface area contributed by atoms with Gasteiger partial charge in [-0.25, -0.2) is 5.43 Å². The van der Waals surface area contributed by atoms with Gasteiger partial charge in [-0.3, -0.25) is 14.9 Å². The Morgan fingerprint density at radius 2 is 2.17 bits per heavy atom. The van der Waals surface area contributed by atoms with Gasteiger partial charge in [0.25, 0.3) is 11.6 Å². The van der Waals surface area contributed by atoms with Gasteiger partial charge >= 0.3 is 0 Å². The first-order valence-electron chi connectivity index (χ1n) is 6.63. The van der Waals surface area contributed by atoms with Crippen molar-refractivity contribution in [2.45, 2.75) is 0 Å². The van der Waals surface area contributed by atoms with Crippen LogP contribution in [0.25, 0.3) is 0 Å². The number of aromatic hydroxyl groups is 1. The Kier molecular flexibility index (Phi) is 5.85. The van der Waals surface area contributed by atoms with Gasteiger partial charge in [0, 0.05) is 22.2 Å². The normalized spacial score (nSPS) is 10.5. The maximum atomic E-state index is 11.6. The fourth-order valence-corrected chi connectivity index (χ4v) is 2.05. The van der Waals surface area contributed by atoms with E-state index in [1.807, 2.05) is 6.07 Å². The molecule has 9 heteroatoms. The smallest absolute Gasteiger partial charge is 0.277 e. The Hall–Kier alpha value is -2.94. The summed E-state index contributed by atoms with van der Waals surface area (Å²) in [4.78, 5) is 21.7. The van der Waals surface area contributed by atoms with Crippen molar-refractivity contribution in [2.75, 3.05) is 6.61 Å². The first-order valence-corrected chi connectivity index (χ1v) is 7.42. The molecular weight excluding hydrogens is 382 g/mol. The third-order valence-electron chi connectivity index (χ3n) is 2.78. The van der Waals surface area contributed by atoms with Crippen molar-refractivity contribution in [1.82, 2.24) is 5.43 Å². The lowest BCUT2D eigenvalue weighted by atomic mass is 10.2. The van der Waals surface area contributed by atoms with Crippen LogP contribution in [0.4, 0.5) is 5.69 Å². The van der Waals surface area contributed by atoms with E-state index in [9.17, 15) is 20.0 Å². The van der Waals surface area contributed by atoms with Gasteiger partial charge in [-0.15, -0.1) is 0 Å². The Labute approximate surface area is 145 Å². The number of rotatable bonds is 6. The minimum absolute atomic E-state index is 0.109. The van der Waals surface area contributed by atoms with Crippen molar-refractivity contribution in [2.24, 2.45) is 5.10 Å². The van der Waals surface area contributed by atoms with E-state index in [2.05, 4.69) is 26.5 Å². The number of nitrogens with one attached hydrogen (secondary N) is 1. The Morgan fingerprint density at radius 1 is 1.38 bits per heavy atom. The first kappa shape index (κ1) is 17.4. The van der Waals surface area contributed by atoms with E-state index in [-0.39, 0.29) is 23.6 Å². The monoisotopic (exact) mass is 393 g/mol. The summed E-state index contributed by atoms with van der Waals surface area (Å²) in [5, 5.41) is 23.9. The highest BCUT2D eigenvalue weighted by atomic mass is 79.9. The Morgan fingerprint density at radius 3 is 2.88 bits per heavy atom. The molecule has 0 saturated carbocycles. The molecule has 0 fully saturated rings. The van der Waals surface area contributed by atoms with E-state index in [0.717, 1.165) is 22.8 Å². The molecule has 0 spiro atoms. The number of carbonyl (C=O) groups excluding carboxylic acids is 1. The largest absolute Gasteiger partial charge is 0.507 e. The van der Waals surface area contributed by atoms with Gasteiger partial charge < -0.3 is 9.84 Å². The summed E-state index contributed by atoms with van der Waals surface area (Å²) < 4.78 is 6.09. The molecule has 0 aliphatic rings. The average molecular weight is 394 g/mol. The third-order valence-corrected chi connectivity index (χ3v) is 3.27. The van der Waals surface area contributed by atoms with Crippen LogP contribution in [-0.4, -0.2) is 28.8 Å². The fraction of sp³-hybridized carbons (Fsp3) is 0.0667. The lowest BCUT2D eigenvalue weighted by Crippen LogP contribution is -2.24. The Balaban J connectivity index is 1.90. The van der Waals surface area contributed by atoms with E-state index < -0.39 is 10.8 Å². The zero-order valence-corrected chi connectivity index (χ0v) is 13.8. The number of nitro groups is 1. The summed E-state index contributed by atoms with van der Waals surface area (Å²) in [5.74, 6) is -0.194. The van der Waals surface area contributed by atoms with Crippen molar-refractivity contribution >= 4 is 33.7 Å². The van der Waals surface area contributed by atoms with Crippen LogP contribution in [0.2, 0.25) is 0 Å². The number of halogens is 1. The minimum Gasteiger partial charge on any atom is -0.507 e. The minimum atomic E-state index is -0.596. The predicted octanol–water partition coefficient (Wildman–Crippen LogP) is 2.59. The number of benzene rings is 2. The second kappa shape index (κ2) is 8.06. The molecular formula is C15H12BrN3O5. The second-order valence-electron chi connectivity index (χ2n) is 4.54. The molecule has 24 heavy (non-hydrogen) atoms. The number of non-ortho nitro benzene ring substituents is 1. The summed E-state index contributed by atoms with van der Waals surface area (Å²) >= 11 is 3.28. The van der Waals surface area contributed by atoms with Crippen LogP contribution in [0.1, 0.15) is 5.56 Å². The number of hydrogen-bond acceptors (Lipinski definition) is 6. The van der Waals surface area contributed by atoms with Gasteiger partial charge in [-0.2, -0.15) is 5.10 Å². The number of nitro benzene ring substituents is 1. The molecule has 0 bridgehead atoms. The zero-order valence-electron chi connectivity index (χ0n) is 12.2. The van der Waals surface area contributed by atoms with E-state index in [4.69, 9.17) is 4.74 Å². The van der Waals surface area contributed by atoms with Gasteiger partial charge in [0.1, 0.15) is 11.5 Å². The molecule has 0 aliphatic carbocycles. The topological polar surface area (TPSA) is 114 Å². The molecule has 2 aromatic carbocycles. The molecule has 0 aliphatic heterocycles. The number of phenolic OH excluding ortho intramolecular Hbond substituents is 1. The fourth-order valence-electron chi connectivity index (χ4n) is 1.67. The number of hydrogen-bond donors (Lipinski definition) is 2. The Bertz CT molecular complexity index is 794. The molecule has 1 amide bonds. The summed E-state index contributed by atoms with van der Waals surface area (Å²) in [6.07, 6.45) is 1.11. The lowest BCUT2D eigenvalue weighted by Gasteiger charge is -2.05. The molecule has 0 aromatic heterocycles. The molecule has 0 radical (unpaired) electrons. The van der Waals surface area contributed by atoms with Crippen LogP contribution in [-0.2, 0) is 4.79 Å². The third kappa shape index (κ3) is 5.06. The highest BCUT2D eigenvalue weighted by Gasteiger charge is 2.09. The molecule has 0 unspecified atom stereocenters. The lowest BCUT2D eigenvalue weighted by molar-refractivity contribution is -0.384. The standard InChI is InChI=1S/C15H12BrN3O5/c16-11-2-1-3-13(7-11)24-9-15(21)18-17-8-10-6-12(19(22)23)4-5-14(10)20/h1-8,20H,9H2,(H,18,21)/b17-8-. The van der Waals surface area contributed by atoms with Gasteiger partial charge in [-0.05, 0) is 24.3 Å². The van der Waals surface area contributed by atoms with Crippen molar-refractivity contribution in [3.63, 3.8) is 0 Å². The van der Waals surface area contributed by atoms with Gasteiger partial charge in [-0.1, -0.05) is 22.0 Å². The summed E-state index contributed by atoms with van der Waals surface area (Å²) in [6.45, 7) is -0.255. The molecule has 0 atom stereocenters. The first-order chi connectivity index (χ1) is 11.5. The van der Waals surface area contributed by atoms with Crippen molar-refractivity contribution in [1.29, 1.82) is 0 Å². The van der Waals surface area contributed by atoms with Gasteiger partial charge in [0.2, 0.25) is 0 Å². The predicted molar refractivity (Wildman–Crippen MR) is 90.1 cm³/mol. The quantitative estimate of drug-likeness (QED) is 0.444. The highest BCUT2D eigenvalue weighted by molar-refractivity contribution is 9.10. The number of hydrazone groups is 1. The van der Waals surface area contributed by atoms with Crippen molar-refractivity contribution in [3.05, 3.63) is 62.6 Å². The molecule has 0 saturated heterocycles. The molecule has 2 aromatic rings. The van der Waals surface area contributed by atoms with Gasteiger partial charge in [0.05, 0.1) is 11.1 Å². The summed E-state index contributed by atoms with van der Waals surface area (Å²) in [6, 6.07) is 10.5. The molecule has 8 nitrogen and oxygen atoms in total. The van der Waals surface area contributed by atoms with E-state index in [1.165, 1.54) is 6.07 Å². The van der Waals surface area contributed by atoms with Crippen LogP contribution in [0.3, 0.4) is 0 Å². The van der Waals surface area contributed by atoms with Crippen molar-refractivity contribution in [3.8, 4) is 11.5 Å².